The van der Waals surface area contributed by atoms with Gasteiger partial charge in [-0.1, -0.05) is 30.3 Å². The minimum absolute atomic E-state index is 0.304. The topological polar surface area (TPSA) is 67.2 Å². The zero-order chi connectivity index (χ0) is 16.4. The summed E-state index contributed by atoms with van der Waals surface area (Å²) in [4.78, 5) is 0. The predicted molar refractivity (Wildman–Crippen MR) is 72.2 cm³/mol. The van der Waals surface area contributed by atoms with E-state index in [1.54, 1.807) is 18.2 Å². The molecule has 0 N–H and O–H groups in total. The molecule has 0 spiro atoms. The van der Waals surface area contributed by atoms with Gasteiger partial charge in [-0.05, 0) is 29.3 Å². The minimum atomic E-state index is -5.73. The lowest BCUT2D eigenvalue weighted by molar-refractivity contribution is -0.0500. The Kier molecular flexibility index (Phi) is 4.10. The van der Waals surface area contributed by atoms with E-state index < -0.39 is 21.4 Å². The van der Waals surface area contributed by atoms with Gasteiger partial charge >= 0.3 is 15.6 Å². The first-order valence-corrected chi connectivity index (χ1v) is 7.26. The number of hydrogen-bond donors (Lipinski definition) is 0. The zero-order valence-electron chi connectivity index (χ0n) is 10.8. The molecule has 2 aromatic carbocycles. The molecule has 0 amide bonds. The number of benzene rings is 2. The van der Waals surface area contributed by atoms with Gasteiger partial charge in [0.05, 0.1) is 11.6 Å². The molecule has 8 heteroatoms. The largest absolute Gasteiger partial charge is 0.534 e. The van der Waals surface area contributed by atoms with Gasteiger partial charge in [-0.3, -0.25) is 0 Å². The maximum Gasteiger partial charge on any atom is 0.534 e. The highest BCUT2D eigenvalue weighted by atomic mass is 32.2. The summed E-state index contributed by atoms with van der Waals surface area (Å²) in [5.41, 5.74) is -4.38. The highest BCUT2D eigenvalue weighted by Gasteiger charge is 2.48. The molecule has 114 valence electrons. The molecule has 0 aliphatic heterocycles. The van der Waals surface area contributed by atoms with Crippen LogP contribution >= 0.6 is 0 Å². The van der Waals surface area contributed by atoms with Crippen molar-refractivity contribution in [2.45, 2.75) is 5.51 Å². The van der Waals surface area contributed by atoms with Crippen LogP contribution in [0.4, 0.5) is 13.2 Å². The summed E-state index contributed by atoms with van der Waals surface area (Å²) in [5.74, 6) is -0.484. The van der Waals surface area contributed by atoms with Crippen molar-refractivity contribution in [1.82, 2.24) is 0 Å². The Balaban J connectivity index is 2.43. The van der Waals surface area contributed by atoms with Gasteiger partial charge in [-0.2, -0.15) is 26.9 Å². The summed E-state index contributed by atoms with van der Waals surface area (Å²) in [7, 11) is -5.73. The van der Waals surface area contributed by atoms with Crippen molar-refractivity contribution < 1.29 is 25.8 Å². The first kappa shape index (κ1) is 15.9. The van der Waals surface area contributed by atoms with E-state index in [1.807, 2.05) is 6.07 Å². The second-order valence-corrected chi connectivity index (χ2v) is 5.71. The van der Waals surface area contributed by atoms with Crippen molar-refractivity contribution in [2.75, 3.05) is 0 Å². The van der Waals surface area contributed by atoms with Gasteiger partial charge in [0.2, 0.25) is 0 Å². The van der Waals surface area contributed by atoms with E-state index >= 15 is 0 Å². The average Bonchev–Trinajstić information content (AvgIpc) is 2.46. The summed E-state index contributed by atoms with van der Waals surface area (Å²) in [6.07, 6.45) is 0. The number of rotatable bonds is 3. The minimum Gasteiger partial charge on any atom is -0.376 e. The van der Waals surface area contributed by atoms with E-state index in [1.165, 1.54) is 18.2 Å². The van der Waals surface area contributed by atoms with Gasteiger partial charge in [-0.15, -0.1) is 0 Å². The van der Waals surface area contributed by atoms with Crippen molar-refractivity contribution in [2.24, 2.45) is 0 Å². The van der Waals surface area contributed by atoms with Crippen molar-refractivity contribution in [3.05, 3.63) is 54.1 Å². The third kappa shape index (κ3) is 3.20. The Morgan fingerprint density at radius 1 is 1.05 bits per heavy atom. The summed E-state index contributed by atoms with van der Waals surface area (Å²) >= 11 is 0. The van der Waals surface area contributed by atoms with E-state index in [4.69, 9.17) is 5.26 Å². The molecular formula is C14H8F3NO3S. The van der Waals surface area contributed by atoms with Gasteiger partial charge in [0.25, 0.3) is 0 Å². The van der Waals surface area contributed by atoms with Gasteiger partial charge < -0.3 is 4.18 Å². The van der Waals surface area contributed by atoms with Gasteiger partial charge in [0, 0.05) is 0 Å². The maximum atomic E-state index is 12.3. The van der Waals surface area contributed by atoms with Crippen molar-refractivity contribution in [3.63, 3.8) is 0 Å². The molecular weight excluding hydrogens is 319 g/mol. The molecule has 0 heterocycles. The average molecular weight is 327 g/mol. The molecule has 2 rings (SSSR count). The quantitative estimate of drug-likeness (QED) is 0.639. The normalized spacial score (nSPS) is 11.7. The molecule has 0 aromatic heterocycles. The van der Waals surface area contributed by atoms with Crippen LogP contribution in [-0.2, 0) is 10.1 Å². The summed E-state index contributed by atoms with van der Waals surface area (Å²) < 4.78 is 63.0. The molecule has 0 fully saturated rings. The maximum absolute atomic E-state index is 12.3. The Morgan fingerprint density at radius 3 is 2.36 bits per heavy atom. The Bertz CT molecular complexity index is 839. The van der Waals surface area contributed by atoms with E-state index in [0.29, 0.717) is 16.7 Å². The standard InChI is InChI=1S/C14H8F3NO3S/c15-14(16,17)22(19,20)21-12-6-3-5-10(8-12)13-7-2-1-4-11(13)9-18/h1-8H. The molecule has 0 saturated heterocycles. The number of nitriles is 1. The van der Waals surface area contributed by atoms with E-state index in [9.17, 15) is 21.6 Å². The van der Waals surface area contributed by atoms with Crippen LogP contribution in [0, 0.1) is 11.3 Å². The molecule has 0 atom stereocenters. The third-order valence-corrected chi connectivity index (χ3v) is 3.66. The van der Waals surface area contributed by atoms with Crippen LogP contribution < -0.4 is 4.18 Å². The number of nitrogens with zero attached hydrogens (tertiary/aromatic N) is 1. The van der Waals surface area contributed by atoms with Crippen molar-refractivity contribution >= 4 is 10.1 Å². The fraction of sp³-hybridized carbons (Fsp3) is 0.0714. The molecule has 0 radical (unpaired) electrons. The van der Waals surface area contributed by atoms with E-state index in [-0.39, 0.29) is 0 Å². The number of halogens is 3. The highest BCUT2D eigenvalue weighted by Crippen LogP contribution is 2.30. The first-order valence-electron chi connectivity index (χ1n) is 5.85. The van der Waals surface area contributed by atoms with Crippen LogP contribution in [0.1, 0.15) is 5.56 Å². The zero-order valence-corrected chi connectivity index (χ0v) is 11.6. The first-order chi connectivity index (χ1) is 10.2. The second kappa shape index (κ2) is 5.69. The molecule has 0 aliphatic carbocycles. The Hall–Kier alpha value is -2.53. The molecule has 4 nitrogen and oxygen atoms in total. The van der Waals surface area contributed by atoms with Crippen LogP contribution in [0.3, 0.4) is 0 Å². The molecule has 2 aromatic rings. The Morgan fingerprint density at radius 2 is 1.73 bits per heavy atom. The SMILES string of the molecule is N#Cc1ccccc1-c1cccc(OS(=O)(=O)C(F)(F)F)c1. The molecule has 0 saturated carbocycles. The predicted octanol–water partition coefficient (Wildman–Crippen LogP) is 3.45. The summed E-state index contributed by atoms with van der Waals surface area (Å²) in [5, 5.41) is 9.02. The van der Waals surface area contributed by atoms with Gasteiger partial charge in [-0.25, -0.2) is 0 Å². The molecule has 0 bridgehead atoms. The van der Waals surface area contributed by atoms with Crippen LogP contribution in [0.15, 0.2) is 48.5 Å². The molecule has 0 aliphatic rings. The third-order valence-electron chi connectivity index (χ3n) is 2.68. The van der Waals surface area contributed by atoms with E-state index in [2.05, 4.69) is 4.18 Å². The molecule has 22 heavy (non-hydrogen) atoms. The lowest BCUT2D eigenvalue weighted by atomic mass is 10.0. The van der Waals surface area contributed by atoms with E-state index in [0.717, 1.165) is 12.1 Å². The lowest BCUT2D eigenvalue weighted by Gasteiger charge is -2.11. The van der Waals surface area contributed by atoms with Gasteiger partial charge in [0.1, 0.15) is 5.75 Å². The van der Waals surface area contributed by atoms with Crippen LogP contribution in [0.5, 0.6) is 5.75 Å². The smallest absolute Gasteiger partial charge is 0.376 e. The molecule has 0 unspecified atom stereocenters. The second-order valence-electron chi connectivity index (χ2n) is 4.17. The van der Waals surface area contributed by atoms with Crippen LogP contribution in [0.2, 0.25) is 0 Å². The highest BCUT2D eigenvalue weighted by molar-refractivity contribution is 7.88. The van der Waals surface area contributed by atoms with Crippen LogP contribution in [-0.4, -0.2) is 13.9 Å². The summed E-state index contributed by atoms with van der Waals surface area (Å²) in [6.45, 7) is 0. The van der Waals surface area contributed by atoms with Crippen LogP contribution in [0.25, 0.3) is 11.1 Å². The Labute approximate surface area is 124 Å². The fourth-order valence-electron chi connectivity index (χ4n) is 1.72. The lowest BCUT2D eigenvalue weighted by Crippen LogP contribution is -2.28. The van der Waals surface area contributed by atoms with Gasteiger partial charge in [0.15, 0.2) is 0 Å². The van der Waals surface area contributed by atoms with Crippen molar-refractivity contribution in [3.8, 4) is 22.9 Å². The monoisotopic (exact) mass is 327 g/mol. The number of hydrogen-bond acceptors (Lipinski definition) is 4. The summed E-state index contributed by atoms with van der Waals surface area (Å²) in [6, 6.07) is 13.4. The van der Waals surface area contributed by atoms with Crippen molar-refractivity contribution in [1.29, 1.82) is 5.26 Å². The fourth-order valence-corrected chi connectivity index (χ4v) is 2.17. The number of alkyl halides is 3.